The number of rotatable bonds is 6. The SMILES string of the molecule is CCC(C)CSCC(O)CC. The third kappa shape index (κ3) is 6.70. The number of aliphatic hydroxyl groups excluding tert-OH is 1. The van der Waals surface area contributed by atoms with Crippen LogP contribution in [0.5, 0.6) is 0 Å². The van der Waals surface area contributed by atoms with Gasteiger partial charge in [0.05, 0.1) is 6.10 Å². The largest absolute Gasteiger partial charge is 0.392 e. The van der Waals surface area contributed by atoms with E-state index in [2.05, 4.69) is 13.8 Å². The minimum atomic E-state index is -0.0935. The number of aliphatic hydroxyl groups is 1. The first kappa shape index (κ1) is 11.3. The van der Waals surface area contributed by atoms with E-state index in [-0.39, 0.29) is 6.10 Å². The number of hydrogen-bond donors (Lipinski definition) is 1. The summed E-state index contributed by atoms with van der Waals surface area (Å²) in [6.07, 6.45) is 2.03. The van der Waals surface area contributed by atoms with Gasteiger partial charge >= 0.3 is 0 Å². The Morgan fingerprint density at radius 1 is 1.18 bits per heavy atom. The van der Waals surface area contributed by atoms with Gasteiger partial charge in [0.15, 0.2) is 0 Å². The molecule has 2 heteroatoms. The van der Waals surface area contributed by atoms with Gasteiger partial charge in [0.2, 0.25) is 0 Å². The van der Waals surface area contributed by atoms with Crippen molar-refractivity contribution in [2.75, 3.05) is 11.5 Å². The summed E-state index contributed by atoms with van der Waals surface area (Å²) in [5.74, 6) is 2.89. The van der Waals surface area contributed by atoms with Crippen LogP contribution in [0.2, 0.25) is 0 Å². The van der Waals surface area contributed by atoms with Gasteiger partial charge in [-0.25, -0.2) is 0 Å². The van der Waals surface area contributed by atoms with Gasteiger partial charge in [-0.15, -0.1) is 0 Å². The lowest BCUT2D eigenvalue weighted by Gasteiger charge is -2.10. The Hall–Kier alpha value is 0.310. The number of thioether (sulfide) groups is 1. The molecule has 2 atom stereocenters. The second kappa shape index (κ2) is 6.99. The average Bonchev–Trinajstić information content (AvgIpc) is 2.04. The molecule has 0 amide bonds. The Labute approximate surface area is 74.6 Å². The second-order valence-corrected chi connectivity index (χ2v) is 4.19. The zero-order valence-corrected chi connectivity index (χ0v) is 8.66. The molecule has 0 bridgehead atoms. The number of hydrogen-bond acceptors (Lipinski definition) is 2. The van der Waals surface area contributed by atoms with Crippen LogP contribution in [0.4, 0.5) is 0 Å². The molecule has 2 unspecified atom stereocenters. The van der Waals surface area contributed by atoms with E-state index in [0.717, 1.165) is 18.1 Å². The van der Waals surface area contributed by atoms with Crippen LogP contribution in [0.1, 0.15) is 33.6 Å². The molecule has 0 aromatic heterocycles. The molecule has 1 nitrogen and oxygen atoms in total. The second-order valence-electron chi connectivity index (χ2n) is 3.11. The van der Waals surface area contributed by atoms with E-state index in [4.69, 9.17) is 0 Å². The van der Waals surface area contributed by atoms with Gasteiger partial charge in [-0.05, 0) is 18.1 Å². The van der Waals surface area contributed by atoms with E-state index < -0.39 is 0 Å². The van der Waals surface area contributed by atoms with Gasteiger partial charge in [-0.1, -0.05) is 27.2 Å². The van der Waals surface area contributed by atoms with Crippen molar-refractivity contribution < 1.29 is 5.11 Å². The van der Waals surface area contributed by atoms with Crippen LogP contribution in [-0.2, 0) is 0 Å². The standard InChI is InChI=1S/C9H20OS/c1-4-8(3)6-11-7-9(10)5-2/h8-10H,4-7H2,1-3H3. The highest BCUT2D eigenvalue weighted by atomic mass is 32.2. The predicted octanol–water partition coefficient (Wildman–Crippen LogP) is 2.54. The van der Waals surface area contributed by atoms with Crippen LogP contribution in [0, 0.1) is 5.92 Å². The molecule has 0 radical (unpaired) electrons. The van der Waals surface area contributed by atoms with E-state index in [9.17, 15) is 5.11 Å². The zero-order valence-electron chi connectivity index (χ0n) is 7.84. The maximum Gasteiger partial charge on any atom is 0.0628 e. The van der Waals surface area contributed by atoms with Gasteiger partial charge < -0.3 is 5.11 Å². The Balaban J connectivity index is 3.13. The molecule has 0 fully saturated rings. The monoisotopic (exact) mass is 176 g/mol. The lowest BCUT2D eigenvalue weighted by atomic mass is 10.2. The highest BCUT2D eigenvalue weighted by Crippen LogP contribution is 2.12. The van der Waals surface area contributed by atoms with Crippen molar-refractivity contribution in [1.82, 2.24) is 0 Å². The van der Waals surface area contributed by atoms with Gasteiger partial charge in [0, 0.05) is 5.75 Å². The summed E-state index contributed by atoms with van der Waals surface area (Å²) >= 11 is 1.87. The molecule has 0 aliphatic heterocycles. The van der Waals surface area contributed by atoms with Crippen molar-refractivity contribution in [2.45, 2.75) is 39.7 Å². The van der Waals surface area contributed by atoms with Gasteiger partial charge in [0.25, 0.3) is 0 Å². The fourth-order valence-corrected chi connectivity index (χ4v) is 1.92. The lowest BCUT2D eigenvalue weighted by molar-refractivity contribution is 0.195. The maximum absolute atomic E-state index is 9.22. The van der Waals surface area contributed by atoms with E-state index in [0.29, 0.717) is 0 Å². The summed E-state index contributed by atoms with van der Waals surface area (Å²) in [6.45, 7) is 6.49. The van der Waals surface area contributed by atoms with E-state index in [1.807, 2.05) is 18.7 Å². The van der Waals surface area contributed by atoms with Gasteiger partial charge in [-0.3, -0.25) is 0 Å². The summed E-state index contributed by atoms with van der Waals surface area (Å²) in [4.78, 5) is 0. The summed E-state index contributed by atoms with van der Waals surface area (Å²) in [5.41, 5.74) is 0. The Kier molecular flexibility index (Phi) is 7.18. The van der Waals surface area contributed by atoms with Crippen molar-refractivity contribution >= 4 is 11.8 Å². The predicted molar refractivity (Wildman–Crippen MR) is 53.1 cm³/mol. The highest BCUT2D eigenvalue weighted by Gasteiger charge is 2.02. The molecule has 0 saturated carbocycles. The minimum absolute atomic E-state index is 0.0935. The van der Waals surface area contributed by atoms with Crippen molar-refractivity contribution in [3.63, 3.8) is 0 Å². The smallest absolute Gasteiger partial charge is 0.0628 e. The van der Waals surface area contributed by atoms with E-state index in [1.165, 1.54) is 12.2 Å². The normalized spacial score (nSPS) is 16.4. The Morgan fingerprint density at radius 2 is 1.82 bits per heavy atom. The van der Waals surface area contributed by atoms with Crippen LogP contribution in [0.3, 0.4) is 0 Å². The third-order valence-corrected chi connectivity index (χ3v) is 3.31. The Morgan fingerprint density at radius 3 is 2.27 bits per heavy atom. The summed E-state index contributed by atoms with van der Waals surface area (Å²) in [7, 11) is 0. The fraction of sp³-hybridized carbons (Fsp3) is 1.00. The lowest BCUT2D eigenvalue weighted by Crippen LogP contribution is -2.09. The molecule has 0 aliphatic rings. The van der Waals surface area contributed by atoms with Gasteiger partial charge in [0.1, 0.15) is 0 Å². The molecular formula is C9H20OS. The van der Waals surface area contributed by atoms with Crippen LogP contribution < -0.4 is 0 Å². The molecule has 11 heavy (non-hydrogen) atoms. The molecular weight excluding hydrogens is 156 g/mol. The van der Waals surface area contributed by atoms with Crippen LogP contribution in [-0.4, -0.2) is 22.7 Å². The molecule has 0 rings (SSSR count). The minimum Gasteiger partial charge on any atom is -0.392 e. The van der Waals surface area contributed by atoms with Crippen LogP contribution in [0.15, 0.2) is 0 Å². The Bertz CT molecular complexity index is 75.6. The molecule has 0 aromatic rings. The molecule has 1 N–H and O–H groups in total. The van der Waals surface area contributed by atoms with Crippen LogP contribution in [0.25, 0.3) is 0 Å². The highest BCUT2D eigenvalue weighted by molar-refractivity contribution is 7.99. The third-order valence-electron chi connectivity index (χ3n) is 1.88. The topological polar surface area (TPSA) is 20.2 Å². The summed E-state index contributed by atoms with van der Waals surface area (Å²) < 4.78 is 0. The first-order valence-electron chi connectivity index (χ1n) is 4.46. The van der Waals surface area contributed by atoms with E-state index in [1.54, 1.807) is 0 Å². The summed E-state index contributed by atoms with van der Waals surface area (Å²) in [6, 6.07) is 0. The molecule has 0 spiro atoms. The molecule has 68 valence electrons. The van der Waals surface area contributed by atoms with Crippen molar-refractivity contribution in [1.29, 1.82) is 0 Å². The molecule has 0 saturated heterocycles. The first-order valence-corrected chi connectivity index (χ1v) is 5.61. The first-order chi connectivity index (χ1) is 5.20. The van der Waals surface area contributed by atoms with Crippen molar-refractivity contribution in [3.8, 4) is 0 Å². The molecule has 0 heterocycles. The zero-order chi connectivity index (χ0) is 8.69. The van der Waals surface area contributed by atoms with Crippen molar-refractivity contribution in [2.24, 2.45) is 5.92 Å². The van der Waals surface area contributed by atoms with E-state index >= 15 is 0 Å². The average molecular weight is 176 g/mol. The maximum atomic E-state index is 9.22. The van der Waals surface area contributed by atoms with Gasteiger partial charge in [-0.2, -0.15) is 11.8 Å². The van der Waals surface area contributed by atoms with Crippen LogP contribution >= 0.6 is 11.8 Å². The fourth-order valence-electron chi connectivity index (χ4n) is 0.641. The molecule has 0 aromatic carbocycles. The van der Waals surface area contributed by atoms with Crippen molar-refractivity contribution in [3.05, 3.63) is 0 Å². The quantitative estimate of drug-likeness (QED) is 0.671. The summed E-state index contributed by atoms with van der Waals surface area (Å²) in [5, 5.41) is 9.22. The molecule has 0 aliphatic carbocycles.